The van der Waals surface area contributed by atoms with E-state index in [1.165, 1.54) is 14.0 Å². The van der Waals surface area contributed by atoms with Crippen LogP contribution in [0, 0.1) is 0 Å². The molecule has 0 aromatic rings. The highest BCUT2D eigenvalue weighted by molar-refractivity contribution is 6.01. The number of aliphatic hydroxyl groups excluding tert-OH is 10. The van der Waals surface area contributed by atoms with Crippen LogP contribution in [-0.4, -0.2) is 217 Å². The predicted octanol–water partition coefficient (Wildman–Crippen LogP) is -7.38. The highest BCUT2D eigenvalue weighted by Crippen LogP contribution is 2.33. The molecule has 0 aliphatic carbocycles. The number of carbonyl (C=O) groups is 4. The Bertz CT molecular complexity index is 1260. The molecule has 4 aliphatic heterocycles. The van der Waals surface area contributed by atoms with E-state index in [9.17, 15) is 70.2 Å². The zero-order chi connectivity index (χ0) is 40.0. The van der Waals surface area contributed by atoms with Crippen LogP contribution in [0.5, 0.6) is 0 Å². The molecule has 4 rings (SSSR count). The van der Waals surface area contributed by atoms with Gasteiger partial charge in [0.2, 0.25) is 0 Å². The summed E-state index contributed by atoms with van der Waals surface area (Å²) in [6.07, 6.45) is -28.1. The quantitative estimate of drug-likeness (QED) is 0.0394. The molecule has 54 heavy (non-hydrogen) atoms. The van der Waals surface area contributed by atoms with Gasteiger partial charge in [0.25, 0.3) is 11.8 Å². The zero-order valence-electron chi connectivity index (χ0n) is 29.2. The highest BCUT2D eigenvalue weighted by Gasteiger charge is 2.54. The van der Waals surface area contributed by atoms with Crippen LogP contribution in [0.1, 0.15) is 32.6 Å². The molecule has 0 bridgehead atoms. The first-order valence-electron chi connectivity index (χ1n) is 17.0. The van der Waals surface area contributed by atoms with Crippen LogP contribution in [0.4, 0.5) is 0 Å². The van der Waals surface area contributed by atoms with Crippen molar-refractivity contribution in [2.45, 2.75) is 131 Å². The van der Waals surface area contributed by atoms with Gasteiger partial charge in [-0.15, -0.1) is 5.06 Å². The molecular formula is C30H48N2O22. The Balaban J connectivity index is 1.30. The van der Waals surface area contributed by atoms with E-state index in [1.54, 1.807) is 0 Å². The van der Waals surface area contributed by atoms with E-state index >= 15 is 0 Å². The van der Waals surface area contributed by atoms with Crippen molar-refractivity contribution >= 4 is 23.8 Å². The van der Waals surface area contributed by atoms with Crippen molar-refractivity contribution in [2.75, 3.05) is 33.5 Å². The summed E-state index contributed by atoms with van der Waals surface area (Å²) in [5.41, 5.74) is 0. The molecule has 24 heteroatoms. The molecule has 24 nitrogen and oxygen atoms in total. The molecule has 4 aliphatic rings. The van der Waals surface area contributed by atoms with E-state index in [0.717, 1.165) is 5.06 Å². The largest absolute Gasteiger partial charge is 0.460 e. The summed E-state index contributed by atoms with van der Waals surface area (Å²) in [6.45, 7) is -1.42. The van der Waals surface area contributed by atoms with E-state index in [2.05, 4.69) is 4.84 Å². The van der Waals surface area contributed by atoms with Gasteiger partial charge in [0.15, 0.2) is 18.8 Å². The summed E-state index contributed by atoms with van der Waals surface area (Å²) in [4.78, 5) is 57.5. The van der Waals surface area contributed by atoms with Crippen molar-refractivity contribution < 1.29 is 108 Å². The minimum absolute atomic E-state index is 0.0934. The van der Waals surface area contributed by atoms with E-state index in [-0.39, 0.29) is 19.4 Å². The van der Waals surface area contributed by atoms with Crippen molar-refractivity contribution in [2.24, 2.45) is 0 Å². The molecule has 10 N–H and O–H groups in total. The van der Waals surface area contributed by atoms with E-state index < -0.39 is 155 Å². The van der Waals surface area contributed by atoms with Crippen LogP contribution in [-0.2, 0) is 57.3 Å². The van der Waals surface area contributed by atoms with E-state index in [0.29, 0.717) is 5.06 Å². The first-order valence-corrected chi connectivity index (χ1v) is 17.0. The molecule has 0 aromatic heterocycles. The van der Waals surface area contributed by atoms with Crippen LogP contribution in [0.3, 0.4) is 0 Å². The average Bonchev–Trinajstić information content (AvgIpc) is 3.46. The molecular weight excluding hydrogens is 740 g/mol. The molecule has 4 saturated heterocycles. The lowest BCUT2D eigenvalue weighted by Gasteiger charge is -2.48. The van der Waals surface area contributed by atoms with E-state index in [1.807, 2.05) is 0 Å². The van der Waals surface area contributed by atoms with Gasteiger partial charge in [0.05, 0.1) is 32.7 Å². The van der Waals surface area contributed by atoms with Gasteiger partial charge in [0.1, 0.15) is 86.0 Å². The molecule has 0 aromatic carbocycles. The summed E-state index contributed by atoms with van der Waals surface area (Å²) in [6, 6.07) is 0. The molecule has 16 atom stereocenters. The Labute approximate surface area is 306 Å². The maximum Gasteiger partial charge on any atom is 0.333 e. The number of rotatable bonds is 16. The van der Waals surface area contributed by atoms with Crippen molar-refractivity contribution in [1.82, 2.24) is 10.1 Å². The Morgan fingerprint density at radius 2 is 1.24 bits per heavy atom. The minimum Gasteiger partial charge on any atom is -0.460 e. The van der Waals surface area contributed by atoms with Crippen LogP contribution in [0.2, 0.25) is 0 Å². The molecule has 16 unspecified atom stereocenters. The molecule has 310 valence electrons. The van der Waals surface area contributed by atoms with Crippen molar-refractivity contribution in [3.05, 3.63) is 0 Å². The maximum atomic E-state index is 12.2. The topological polar surface area (TPSA) is 351 Å². The number of imide groups is 1. The SMILES string of the molecule is CC(CON(C)C1OC(CO)C(OC2OC(CO)C(O)C(OC3OC(CO)C(O)C(O)C3O)C2O)C(O)C1O)OC(=O)CCC(=O)ON1C(=O)CCC1=O. The van der Waals surface area contributed by atoms with Crippen LogP contribution >= 0.6 is 0 Å². The molecule has 0 spiro atoms. The first kappa shape index (κ1) is 44.1. The van der Waals surface area contributed by atoms with Crippen molar-refractivity contribution in [3.8, 4) is 0 Å². The molecule has 2 amide bonds. The van der Waals surface area contributed by atoms with Gasteiger partial charge in [-0.3, -0.25) is 19.2 Å². The van der Waals surface area contributed by atoms with Gasteiger partial charge in [0, 0.05) is 19.9 Å². The smallest absolute Gasteiger partial charge is 0.333 e. The maximum absolute atomic E-state index is 12.2. The summed E-state index contributed by atoms with van der Waals surface area (Å²) in [5.74, 6) is -3.20. The van der Waals surface area contributed by atoms with E-state index in [4.69, 9.17) is 33.3 Å². The van der Waals surface area contributed by atoms with Gasteiger partial charge < -0.3 is 84.3 Å². The number of ether oxygens (including phenoxy) is 6. The number of hydrogen-bond donors (Lipinski definition) is 10. The van der Waals surface area contributed by atoms with Gasteiger partial charge in [-0.05, 0) is 6.92 Å². The number of amides is 2. The Morgan fingerprint density at radius 1 is 0.704 bits per heavy atom. The molecule has 0 saturated carbocycles. The molecule has 4 heterocycles. The molecule has 0 radical (unpaired) electrons. The minimum atomic E-state index is -1.99. The monoisotopic (exact) mass is 788 g/mol. The number of esters is 1. The highest BCUT2D eigenvalue weighted by atomic mass is 16.8. The van der Waals surface area contributed by atoms with Crippen LogP contribution in [0.25, 0.3) is 0 Å². The second kappa shape index (κ2) is 19.5. The number of hydrogen-bond acceptors (Lipinski definition) is 23. The number of hydroxylamine groups is 4. The molecule has 4 fully saturated rings. The number of nitrogens with zero attached hydrogens (tertiary/aromatic N) is 2. The second-order valence-electron chi connectivity index (χ2n) is 13.0. The Kier molecular flexibility index (Phi) is 15.9. The van der Waals surface area contributed by atoms with Crippen molar-refractivity contribution in [1.29, 1.82) is 0 Å². The fourth-order valence-electron chi connectivity index (χ4n) is 5.97. The lowest BCUT2D eigenvalue weighted by atomic mass is 9.95. The standard InChI is InChI=1S/C30H48N2O22/c1-11(48-17(38)5-6-18(39)54-32-15(36)3-4-16(32)37)10-47-31(2)28-23(44)22(43)26(14(9-35)49-28)52-30-25(46)27(20(41)13(8-34)51-30)53-29-24(45)21(42)19(40)12(7-33)50-29/h11-14,19-30,33-35,40-46H,3-10H2,1-2H3. The second-order valence-corrected chi connectivity index (χ2v) is 13.0. The third kappa shape index (κ3) is 10.2. The Morgan fingerprint density at radius 3 is 1.83 bits per heavy atom. The lowest BCUT2D eigenvalue weighted by Crippen LogP contribution is -2.67. The third-order valence-electron chi connectivity index (χ3n) is 9.03. The van der Waals surface area contributed by atoms with Gasteiger partial charge in [-0.2, -0.15) is 5.06 Å². The Hall–Kier alpha value is -2.60. The normalized spacial score (nSPS) is 39.5. The summed E-state index contributed by atoms with van der Waals surface area (Å²) < 4.78 is 32.8. The fraction of sp³-hybridized carbons (Fsp3) is 0.867. The third-order valence-corrected chi connectivity index (χ3v) is 9.03. The van der Waals surface area contributed by atoms with Crippen molar-refractivity contribution in [3.63, 3.8) is 0 Å². The fourth-order valence-corrected chi connectivity index (χ4v) is 5.97. The van der Waals surface area contributed by atoms with Crippen LogP contribution in [0.15, 0.2) is 0 Å². The number of likely N-dealkylation sites (N-methyl/N-ethyl adjacent to an activating group) is 1. The van der Waals surface area contributed by atoms with Crippen LogP contribution < -0.4 is 0 Å². The lowest BCUT2D eigenvalue weighted by molar-refractivity contribution is -0.383. The van der Waals surface area contributed by atoms with Gasteiger partial charge >= 0.3 is 11.9 Å². The van der Waals surface area contributed by atoms with Gasteiger partial charge in [-0.25, -0.2) is 4.79 Å². The zero-order valence-corrected chi connectivity index (χ0v) is 29.2. The number of aliphatic hydroxyl groups is 10. The first-order chi connectivity index (χ1) is 25.5. The van der Waals surface area contributed by atoms with Gasteiger partial charge in [-0.1, -0.05) is 0 Å². The summed E-state index contributed by atoms with van der Waals surface area (Å²) >= 11 is 0. The average molecular weight is 789 g/mol. The summed E-state index contributed by atoms with van der Waals surface area (Å²) in [5, 5.41) is 105. The summed E-state index contributed by atoms with van der Waals surface area (Å²) in [7, 11) is 1.28. The predicted molar refractivity (Wildman–Crippen MR) is 165 cm³/mol. The number of carbonyl (C=O) groups excluding carboxylic acids is 4.